The second-order valence-electron chi connectivity index (χ2n) is 5.37. The fraction of sp³-hybridized carbons (Fsp3) is 0.786. The van der Waals surface area contributed by atoms with Crippen LogP contribution in [-0.4, -0.2) is 69.9 Å². The van der Waals surface area contributed by atoms with Crippen molar-refractivity contribution in [2.45, 2.75) is 25.8 Å². The van der Waals surface area contributed by atoms with Crippen molar-refractivity contribution in [3.05, 3.63) is 12.2 Å². The van der Waals surface area contributed by atoms with Gasteiger partial charge >= 0.3 is 0 Å². The summed E-state index contributed by atoms with van der Waals surface area (Å²) in [5, 5.41) is 6.49. The number of sulfonamides is 1. The third-order valence-electron chi connectivity index (χ3n) is 3.68. The predicted molar refractivity (Wildman–Crippen MR) is 103 cm³/mol. The Morgan fingerprint density at radius 2 is 1.96 bits per heavy atom. The van der Waals surface area contributed by atoms with E-state index in [9.17, 15) is 8.42 Å². The van der Waals surface area contributed by atoms with Crippen LogP contribution in [0, 0.1) is 0 Å². The Bertz CT molecular complexity index is 496. The number of halogens is 1. The van der Waals surface area contributed by atoms with Gasteiger partial charge < -0.3 is 15.4 Å². The number of morpholine rings is 1. The van der Waals surface area contributed by atoms with Crippen LogP contribution in [0.2, 0.25) is 0 Å². The van der Waals surface area contributed by atoms with Crippen LogP contribution in [0.25, 0.3) is 0 Å². The van der Waals surface area contributed by atoms with Crippen molar-refractivity contribution in [2.24, 2.45) is 4.99 Å². The van der Waals surface area contributed by atoms with Crippen LogP contribution < -0.4 is 10.6 Å². The van der Waals surface area contributed by atoms with Gasteiger partial charge in [0.15, 0.2) is 5.96 Å². The zero-order chi connectivity index (χ0) is 15.8. The molecule has 2 rings (SSSR count). The van der Waals surface area contributed by atoms with E-state index in [0.717, 1.165) is 19.4 Å². The number of rotatable bonds is 6. The van der Waals surface area contributed by atoms with Crippen molar-refractivity contribution in [2.75, 3.05) is 45.1 Å². The first-order chi connectivity index (χ1) is 10.6. The van der Waals surface area contributed by atoms with Gasteiger partial charge in [-0.3, -0.25) is 4.99 Å². The summed E-state index contributed by atoms with van der Waals surface area (Å²) in [5.41, 5.74) is 0. The number of aliphatic imine (C=N–C) groups is 1. The first-order valence-electron chi connectivity index (χ1n) is 7.87. The van der Waals surface area contributed by atoms with Gasteiger partial charge in [-0.25, -0.2) is 8.42 Å². The molecule has 0 bridgehead atoms. The summed E-state index contributed by atoms with van der Waals surface area (Å²) in [6.45, 7) is 4.84. The number of nitrogens with one attached hydrogen (secondary N) is 2. The Hall–Kier alpha value is -0.390. The summed E-state index contributed by atoms with van der Waals surface area (Å²) in [6, 6.07) is 0.355. The van der Waals surface area contributed by atoms with Gasteiger partial charge in [0.1, 0.15) is 0 Å². The number of ether oxygens (including phenoxy) is 1. The molecular formula is C14H27IN4O3S. The topological polar surface area (TPSA) is 83.0 Å². The van der Waals surface area contributed by atoms with Gasteiger partial charge in [-0.05, 0) is 19.8 Å². The highest BCUT2D eigenvalue weighted by Crippen LogP contribution is 2.09. The second-order valence-corrected chi connectivity index (χ2v) is 7.46. The van der Waals surface area contributed by atoms with Crippen LogP contribution in [0.3, 0.4) is 0 Å². The molecule has 134 valence electrons. The summed E-state index contributed by atoms with van der Waals surface area (Å²) in [4.78, 5) is 4.39. The molecule has 2 N–H and O–H groups in total. The maximum Gasteiger partial charge on any atom is 0.216 e. The number of hydrogen-bond donors (Lipinski definition) is 2. The highest BCUT2D eigenvalue weighted by Gasteiger charge is 2.23. The first kappa shape index (κ1) is 20.7. The first-order valence-corrected chi connectivity index (χ1v) is 9.48. The van der Waals surface area contributed by atoms with Crippen LogP contribution in [0.5, 0.6) is 0 Å². The van der Waals surface area contributed by atoms with E-state index in [2.05, 4.69) is 27.8 Å². The van der Waals surface area contributed by atoms with E-state index < -0.39 is 10.0 Å². The molecule has 9 heteroatoms. The third-order valence-corrected chi connectivity index (χ3v) is 5.53. The average molecular weight is 458 g/mol. The molecule has 1 aliphatic heterocycles. The Labute approximate surface area is 156 Å². The van der Waals surface area contributed by atoms with Crippen molar-refractivity contribution >= 4 is 40.0 Å². The largest absolute Gasteiger partial charge is 0.379 e. The van der Waals surface area contributed by atoms with Crippen LogP contribution >= 0.6 is 24.0 Å². The minimum atomic E-state index is -3.24. The highest BCUT2D eigenvalue weighted by molar-refractivity contribution is 14.0. The molecule has 1 aliphatic carbocycles. The fourth-order valence-corrected chi connectivity index (χ4v) is 3.76. The Morgan fingerprint density at radius 3 is 2.57 bits per heavy atom. The molecule has 1 heterocycles. The lowest BCUT2D eigenvalue weighted by atomic mass is 10.2. The minimum Gasteiger partial charge on any atom is -0.379 e. The molecule has 0 aromatic carbocycles. The van der Waals surface area contributed by atoms with Gasteiger partial charge in [-0.2, -0.15) is 4.31 Å². The zero-order valence-corrected chi connectivity index (χ0v) is 16.7. The average Bonchev–Trinajstić information content (AvgIpc) is 3.01. The standard InChI is InChI=1S/C14H26N4O3S.HI/c1-2-15-14(17-13-5-3-4-6-13)16-7-12-22(19,20)18-8-10-21-11-9-18;/h3-4,13H,2,5-12H2,1H3,(H2,15,16,17);1H. The predicted octanol–water partition coefficient (Wildman–Crippen LogP) is 0.540. The number of guanidine groups is 1. The molecule has 1 fully saturated rings. The Balaban J connectivity index is 0.00000264. The normalized spacial score (nSPS) is 20.3. The quantitative estimate of drug-likeness (QED) is 0.263. The van der Waals surface area contributed by atoms with Crippen molar-refractivity contribution in [3.63, 3.8) is 0 Å². The molecule has 23 heavy (non-hydrogen) atoms. The molecule has 0 unspecified atom stereocenters. The summed E-state index contributed by atoms with van der Waals surface area (Å²) in [6.07, 6.45) is 6.25. The molecule has 0 saturated carbocycles. The summed E-state index contributed by atoms with van der Waals surface area (Å²) >= 11 is 0. The Morgan fingerprint density at radius 1 is 1.30 bits per heavy atom. The lowest BCUT2D eigenvalue weighted by Crippen LogP contribution is -2.44. The monoisotopic (exact) mass is 458 g/mol. The van der Waals surface area contributed by atoms with E-state index in [1.54, 1.807) is 0 Å². The van der Waals surface area contributed by atoms with Gasteiger partial charge in [0, 0.05) is 25.7 Å². The van der Waals surface area contributed by atoms with Crippen molar-refractivity contribution in [3.8, 4) is 0 Å². The SMILES string of the molecule is CCNC(=NCCS(=O)(=O)N1CCOCC1)NC1CC=CC1.I. The molecule has 0 amide bonds. The number of hydrogen-bond acceptors (Lipinski definition) is 4. The van der Waals surface area contributed by atoms with E-state index >= 15 is 0 Å². The highest BCUT2D eigenvalue weighted by atomic mass is 127. The Kier molecular flexibility index (Phi) is 9.40. The van der Waals surface area contributed by atoms with Gasteiger partial charge in [-0.1, -0.05) is 12.2 Å². The van der Waals surface area contributed by atoms with E-state index in [1.807, 2.05) is 6.92 Å². The molecule has 0 aromatic heterocycles. The molecule has 0 radical (unpaired) electrons. The van der Waals surface area contributed by atoms with Crippen LogP contribution in [0.15, 0.2) is 17.1 Å². The van der Waals surface area contributed by atoms with E-state index in [0.29, 0.717) is 38.3 Å². The molecule has 7 nitrogen and oxygen atoms in total. The molecule has 0 aromatic rings. The molecule has 0 spiro atoms. The van der Waals surface area contributed by atoms with E-state index in [1.165, 1.54) is 4.31 Å². The maximum absolute atomic E-state index is 12.2. The molecule has 0 atom stereocenters. The zero-order valence-electron chi connectivity index (χ0n) is 13.5. The van der Waals surface area contributed by atoms with Crippen LogP contribution in [-0.2, 0) is 14.8 Å². The molecule has 1 saturated heterocycles. The summed E-state index contributed by atoms with van der Waals surface area (Å²) < 4.78 is 31.1. The van der Waals surface area contributed by atoms with E-state index in [4.69, 9.17) is 4.74 Å². The molecular weight excluding hydrogens is 431 g/mol. The smallest absolute Gasteiger partial charge is 0.216 e. The molecule has 2 aliphatic rings. The third kappa shape index (κ3) is 6.94. The van der Waals surface area contributed by atoms with Crippen LogP contribution in [0.4, 0.5) is 0 Å². The van der Waals surface area contributed by atoms with Gasteiger partial charge in [0.05, 0.1) is 25.5 Å². The second kappa shape index (κ2) is 10.5. The van der Waals surface area contributed by atoms with Crippen LogP contribution in [0.1, 0.15) is 19.8 Å². The lowest BCUT2D eigenvalue weighted by Gasteiger charge is -2.25. The van der Waals surface area contributed by atoms with E-state index in [-0.39, 0.29) is 36.3 Å². The lowest BCUT2D eigenvalue weighted by molar-refractivity contribution is 0.0731. The maximum atomic E-state index is 12.2. The van der Waals surface area contributed by atoms with Gasteiger partial charge in [0.2, 0.25) is 10.0 Å². The van der Waals surface area contributed by atoms with Gasteiger partial charge in [0.25, 0.3) is 0 Å². The summed E-state index contributed by atoms with van der Waals surface area (Å²) in [7, 11) is -3.24. The van der Waals surface area contributed by atoms with Crippen molar-refractivity contribution < 1.29 is 13.2 Å². The number of nitrogens with zero attached hydrogens (tertiary/aromatic N) is 2. The fourth-order valence-electron chi connectivity index (χ4n) is 2.48. The summed E-state index contributed by atoms with van der Waals surface area (Å²) in [5.74, 6) is 0.723. The van der Waals surface area contributed by atoms with Crippen molar-refractivity contribution in [1.29, 1.82) is 0 Å². The van der Waals surface area contributed by atoms with Crippen molar-refractivity contribution in [1.82, 2.24) is 14.9 Å². The van der Waals surface area contributed by atoms with Gasteiger partial charge in [-0.15, -0.1) is 24.0 Å². The minimum absolute atomic E-state index is 0.